The Morgan fingerprint density at radius 1 is 1.06 bits per heavy atom. The molecule has 0 radical (unpaired) electrons. The third kappa shape index (κ3) is 3.60. The first-order chi connectivity index (χ1) is 8.27. The van der Waals surface area contributed by atoms with Crippen LogP contribution in [0.4, 0.5) is 4.79 Å². The molecule has 0 aliphatic carbocycles. The quantitative estimate of drug-likeness (QED) is 0.816. The normalized spacial score (nSPS) is 27.1. The Labute approximate surface area is 104 Å². The predicted molar refractivity (Wildman–Crippen MR) is 68.8 cm³/mol. The lowest BCUT2D eigenvalue weighted by Gasteiger charge is -2.36. The van der Waals surface area contributed by atoms with Crippen LogP contribution in [0.5, 0.6) is 0 Å². The molecule has 4 heteroatoms. The van der Waals surface area contributed by atoms with Crippen molar-refractivity contribution in [2.75, 3.05) is 26.2 Å². The maximum atomic E-state index is 11.4. The van der Waals surface area contributed by atoms with Gasteiger partial charge in [-0.25, -0.2) is 4.79 Å². The van der Waals surface area contributed by atoms with E-state index in [9.17, 15) is 4.79 Å². The number of rotatable bonds is 3. The van der Waals surface area contributed by atoms with Crippen molar-refractivity contribution >= 4 is 6.03 Å². The molecule has 4 nitrogen and oxygen atoms in total. The van der Waals surface area contributed by atoms with Gasteiger partial charge in [0.15, 0.2) is 0 Å². The number of carbonyl (C=O) groups excluding carboxylic acids is 1. The minimum atomic E-state index is -0.228. The molecule has 1 unspecified atom stereocenters. The second-order valence-corrected chi connectivity index (χ2v) is 5.37. The summed E-state index contributed by atoms with van der Waals surface area (Å²) in [5.41, 5.74) is 5.44. The SMILES string of the molecule is NC(=O)N1CCCCC1CCN1CCCCC1. The number of nitrogens with two attached hydrogens (primary N) is 1. The molecule has 2 amide bonds. The van der Waals surface area contributed by atoms with Crippen molar-refractivity contribution in [3.8, 4) is 0 Å². The van der Waals surface area contributed by atoms with E-state index < -0.39 is 0 Å². The minimum Gasteiger partial charge on any atom is -0.351 e. The summed E-state index contributed by atoms with van der Waals surface area (Å²) in [5, 5.41) is 0. The van der Waals surface area contributed by atoms with Crippen LogP contribution < -0.4 is 5.73 Å². The first kappa shape index (κ1) is 12.7. The summed E-state index contributed by atoms with van der Waals surface area (Å²) >= 11 is 0. The van der Waals surface area contributed by atoms with Gasteiger partial charge in [0, 0.05) is 19.1 Å². The van der Waals surface area contributed by atoms with E-state index in [0.29, 0.717) is 6.04 Å². The highest BCUT2D eigenvalue weighted by Gasteiger charge is 2.25. The zero-order valence-corrected chi connectivity index (χ0v) is 10.7. The van der Waals surface area contributed by atoms with E-state index in [1.165, 1.54) is 38.8 Å². The topological polar surface area (TPSA) is 49.6 Å². The van der Waals surface area contributed by atoms with Gasteiger partial charge in [-0.05, 0) is 51.6 Å². The summed E-state index contributed by atoms with van der Waals surface area (Å²) in [4.78, 5) is 15.8. The number of piperidine rings is 2. The molecule has 0 saturated carbocycles. The van der Waals surface area contributed by atoms with Crippen molar-refractivity contribution in [3.63, 3.8) is 0 Å². The molecule has 0 aromatic carbocycles. The van der Waals surface area contributed by atoms with Crippen LogP contribution in [0.25, 0.3) is 0 Å². The molecule has 1 atom stereocenters. The zero-order chi connectivity index (χ0) is 12.1. The molecule has 2 saturated heterocycles. The lowest BCUT2D eigenvalue weighted by atomic mass is 9.99. The fraction of sp³-hybridized carbons (Fsp3) is 0.923. The minimum absolute atomic E-state index is 0.228. The Kier molecular flexibility index (Phi) is 4.66. The van der Waals surface area contributed by atoms with Gasteiger partial charge in [0.25, 0.3) is 0 Å². The summed E-state index contributed by atoms with van der Waals surface area (Å²) in [5.74, 6) is 0. The third-order valence-corrected chi connectivity index (χ3v) is 4.14. The standard InChI is InChI=1S/C13H25N3O/c14-13(17)16-10-5-2-6-12(16)7-11-15-8-3-1-4-9-15/h12H,1-11H2,(H2,14,17). The molecule has 2 aliphatic heterocycles. The van der Waals surface area contributed by atoms with Crippen LogP contribution in [-0.4, -0.2) is 48.1 Å². The maximum absolute atomic E-state index is 11.4. The smallest absolute Gasteiger partial charge is 0.315 e. The van der Waals surface area contributed by atoms with Gasteiger partial charge in [0.1, 0.15) is 0 Å². The molecule has 17 heavy (non-hydrogen) atoms. The van der Waals surface area contributed by atoms with E-state index in [1.54, 1.807) is 0 Å². The number of likely N-dealkylation sites (tertiary alicyclic amines) is 2. The van der Waals surface area contributed by atoms with Crippen molar-refractivity contribution in [1.29, 1.82) is 0 Å². The molecule has 2 fully saturated rings. The number of hydrogen-bond donors (Lipinski definition) is 1. The fourth-order valence-corrected chi connectivity index (χ4v) is 3.11. The Morgan fingerprint density at radius 3 is 2.47 bits per heavy atom. The lowest BCUT2D eigenvalue weighted by Crippen LogP contribution is -2.48. The molecule has 0 aromatic rings. The van der Waals surface area contributed by atoms with Crippen LogP contribution in [0.2, 0.25) is 0 Å². The van der Waals surface area contributed by atoms with Crippen LogP contribution >= 0.6 is 0 Å². The second kappa shape index (κ2) is 6.24. The van der Waals surface area contributed by atoms with E-state index >= 15 is 0 Å². The number of amides is 2. The van der Waals surface area contributed by atoms with Crippen LogP contribution in [0, 0.1) is 0 Å². The second-order valence-electron chi connectivity index (χ2n) is 5.37. The molecule has 0 bridgehead atoms. The fourth-order valence-electron chi connectivity index (χ4n) is 3.11. The third-order valence-electron chi connectivity index (χ3n) is 4.14. The van der Waals surface area contributed by atoms with Crippen LogP contribution in [0.15, 0.2) is 0 Å². The highest BCUT2D eigenvalue weighted by Crippen LogP contribution is 2.20. The zero-order valence-electron chi connectivity index (χ0n) is 10.7. The summed E-state index contributed by atoms with van der Waals surface area (Å²) in [6, 6.07) is 0.163. The van der Waals surface area contributed by atoms with E-state index in [4.69, 9.17) is 5.73 Å². The maximum Gasteiger partial charge on any atom is 0.315 e. The van der Waals surface area contributed by atoms with Crippen molar-refractivity contribution in [3.05, 3.63) is 0 Å². The van der Waals surface area contributed by atoms with Crippen LogP contribution in [0.1, 0.15) is 44.9 Å². The molecule has 2 N–H and O–H groups in total. The molecule has 2 aliphatic rings. The summed E-state index contributed by atoms with van der Waals surface area (Å²) in [6.45, 7) is 4.47. The molecular formula is C13H25N3O. The van der Waals surface area contributed by atoms with Crippen molar-refractivity contribution < 1.29 is 4.79 Å². The highest BCUT2D eigenvalue weighted by atomic mass is 16.2. The molecule has 0 spiro atoms. The number of primary amides is 1. The van der Waals surface area contributed by atoms with Gasteiger partial charge < -0.3 is 15.5 Å². The van der Waals surface area contributed by atoms with E-state index in [0.717, 1.165) is 32.4 Å². The number of carbonyl (C=O) groups is 1. The lowest BCUT2D eigenvalue weighted by molar-refractivity contribution is 0.137. The van der Waals surface area contributed by atoms with Gasteiger partial charge in [-0.2, -0.15) is 0 Å². The Bertz CT molecular complexity index is 251. The monoisotopic (exact) mass is 239 g/mol. The van der Waals surface area contributed by atoms with Crippen molar-refractivity contribution in [1.82, 2.24) is 9.80 Å². The molecule has 0 aromatic heterocycles. The number of nitrogens with zero attached hydrogens (tertiary/aromatic N) is 2. The summed E-state index contributed by atoms with van der Waals surface area (Å²) in [6.07, 6.45) is 8.65. The summed E-state index contributed by atoms with van der Waals surface area (Å²) in [7, 11) is 0. The molecule has 2 rings (SSSR count). The van der Waals surface area contributed by atoms with Crippen LogP contribution in [0.3, 0.4) is 0 Å². The molecule has 2 heterocycles. The van der Waals surface area contributed by atoms with Crippen molar-refractivity contribution in [2.24, 2.45) is 5.73 Å². The first-order valence-electron chi connectivity index (χ1n) is 7.06. The van der Waals surface area contributed by atoms with Crippen molar-refractivity contribution in [2.45, 2.75) is 51.0 Å². The predicted octanol–water partition coefficient (Wildman–Crippen LogP) is 1.80. The van der Waals surface area contributed by atoms with Gasteiger partial charge >= 0.3 is 6.03 Å². The average molecular weight is 239 g/mol. The Balaban J connectivity index is 1.77. The number of urea groups is 1. The average Bonchev–Trinajstić information content (AvgIpc) is 2.38. The van der Waals surface area contributed by atoms with E-state index in [1.807, 2.05) is 4.90 Å². The van der Waals surface area contributed by atoms with Gasteiger partial charge in [0.2, 0.25) is 0 Å². The first-order valence-corrected chi connectivity index (χ1v) is 7.06. The van der Waals surface area contributed by atoms with Crippen LogP contribution in [-0.2, 0) is 0 Å². The summed E-state index contributed by atoms with van der Waals surface area (Å²) < 4.78 is 0. The van der Waals surface area contributed by atoms with E-state index in [2.05, 4.69) is 4.90 Å². The Hall–Kier alpha value is -0.770. The van der Waals surface area contributed by atoms with Gasteiger partial charge in [-0.3, -0.25) is 0 Å². The van der Waals surface area contributed by atoms with Gasteiger partial charge in [0.05, 0.1) is 0 Å². The molecule has 98 valence electrons. The van der Waals surface area contributed by atoms with E-state index in [-0.39, 0.29) is 6.03 Å². The van der Waals surface area contributed by atoms with Gasteiger partial charge in [-0.15, -0.1) is 0 Å². The molecular weight excluding hydrogens is 214 g/mol. The Morgan fingerprint density at radius 2 is 1.76 bits per heavy atom. The largest absolute Gasteiger partial charge is 0.351 e. The number of hydrogen-bond acceptors (Lipinski definition) is 2. The highest BCUT2D eigenvalue weighted by molar-refractivity contribution is 5.72. The van der Waals surface area contributed by atoms with Gasteiger partial charge in [-0.1, -0.05) is 6.42 Å².